The van der Waals surface area contributed by atoms with Gasteiger partial charge >= 0.3 is 6.03 Å². The predicted molar refractivity (Wildman–Crippen MR) is 107 cm³/mol. The molecule has 2 rings (SSSR count). The largest absolute Gasteiger partial charge is 0.492 e. The number of nitrogens with zero attached hydrogens (tertiary/aromatic N) is 2. The Labute approximate surface area is 166 Å². The molecule has 7 nitrogen and oxygen atoms in total. The molecule has 1 aromatic rings. The molecule has 0 radical (unpaired) electrons. The SMILES string of the molecule is CN(C)CCN(C(=O)NCCCOc1ccccc1Cl)C1CCS(=O)(=O)C1. The first-order valence-corrected chi connectivity index (χ1v) is 11.3. The average Bonchev–Trinajstić information content (AvgIpc) is 2.95. The third-order valence-electron chi connectivity index (χ3n) is 4.39. The van der Waals surface area contributed by atoms with Gasteiger partial charge in [0, 0.05) is 25.7 Å². The van der Waals surface area contributed by atoms with Crippen molar-refractivity contribution in [3.8, 4) is 5.75 Å². The smallest absolute Gasteiger partial charge is 0.317 e. The number of carbonyl (C=O) groups is 1. The van der Waals surface area contributed by atoms with Crippen molar-refractivity contribution in [2.45, 2.75) is 18.9 Å². The standard InChI is InChI=1S/C18H28ClN3O4S/c1-21(2)10-11-22(15-8-13-27(24,25)14-15)18(23)20-9-5-12-26-17-7-4-3-6-16(17)19/h3-4,6-7,15H,5,8-14H2,1-2H3,(H,20,23). The van der Waals surface area contributed by atoms with Crippen LogP contribution in [0.1, 0.15) is 12.8 Å². The van der Waals surface area contributed by atoms with Crippen LogP contribution in [0.3, 0.4) is 0 Å². The number of ether oxygens (including phenoxy) is 1. The number of sulfone groups is 1. The quantitative estimate of drug-likeness (QED) is 0.620. The Morgan fingerprint density at radius 2 is 2.04 bits per heavy atom. The van der Waals surface area contributed by atoms with Crippen LogP contribution in [0.5, 0.6) is 5.75 Å². The predicted octanol–water partition coefficient (Wildman–Crippen LogP) is 1.87. The molecular formula is C18H28ClN3O4S. The molecule has 1 heterocycles. The third kappa shape index (κ3) is 7.20. The number of nitrogens with one attached hydrogen (secondary N) is 1. The molecule has 27 heavy (non-hydrogen) atoms. The number of carbonyl (C=O) groups excluding carboxylic acids is 1. The monoisotopic (exact) mass is 417 g/mol. The molecule has 0 aliphatic carbocycles. The molecule has 1 fully saturated rings. The highest BCUT2D eigenvalue weighted by molar-refractivity contribution is 7.91. The zero-order chi connectivity index (χ0) is 19.9. The van der Waals surface area contributed by atoms with E-state index in [1.807, 2.05) is 31.1 Å². The Morgan fingerprint density at radius 3 is 2.67 bits per heavy atom. The lowest BCUT2D eigenvalue weighted by atomic mass is 10.2. The van der Waals surface area contributed by atoms with Gasteiger partial charge in [0.2, 0.25) is 0 Å². The van der Waals surface area contributed by atoms with Gasteiger partial charge in [-0.3, -0.25) is 0 Å². The Balaban J connectivity index is 1.79. The van der Waals surface area contributed by atoms with E-state index < -0.39 is 9.84 Å². The lowest BCUT2D eigenvalue weighted by Gasteiger charge is -2.29. The fourth-order valence-electron chi connectivity index (χ4n) is 2.89. The summed E-state index contributed by atoms with van der Waals surface area (Å²) in [5.74, 6) is 0.813. The molecule has 1 aromatic carbocycles. The van der Waals surface area contributed by atoms with Crippen LogP contribution in [0.15, 0.2) is 24.3 Å². The molecule has 0 spiro atoms. The van der Waals surface area contributed by atoms with Gasteiger partial charge in [-0.15, -0.1) is 0 Å². The van der Waals surface area contributed by atoms with Crippen molar-refractivity contribution in [3.63, 3.8) is 0 Å². The first-order chi connectivity index (χ1) is 12.8. The molecule has 1 N–H and O–H groups in total. The van der Waals surface area contributed by atoms with Gasteiger partial charge in [-0.05, 0) is 39.1 Å². The van der Waals surface area contributed by atoms with E-state index in [0.717, 1.165) is 0 Å². The van der Waals surface area contributed by atoms with E-state index in [4.69, 9.17) is 16.3 Å². The number of urea groups is 1. The molecule has 9 heteroatoms. The van der Waals surface area contributed by atoms with Crippen LogP contribution in [-0.2, 0) is 9.84 Å². The molecule has 1 saturated heterocycles. The van der Waals surface area contributed by atoms with Crippen molar-refractivity contribution in [1.29, 1.82) is 0 Å². The van der Waals surface area contributed by atoms with E-state index in [0.29, 0.717) is 49.9 Å². The first kappa shape index (κ1) is 21.8. The fourth-order valence-corrected chi connectivity index (χ4v) is 4.81. The van der Waals surface area contributed by atoms with Gasteiger partial charge in [0.1, 0.15) is 5.75 Å². The molecular weight excluding hydrogens is 390 g/mol. The summed E-state index contributed by atoms with van der Waals surface area (Å²) in [5.41, 5.74) is 0. The van der Waals surface area contributed by atoms with Gasteiger partial charge in [0.25, 0.3) is 0 Å². The number of rotatable bonds is 9. The van der Waals surface area contributed by atoms with Crippen molar-refractivity contribution in [1.82, 2.24) is 15.1 Å². The van der Waals surface area contributed by atoms with Gasteiger partial charge in [-0.25, -0.2) is 13.2 Å². The summed E-state index contributed by atoms with van der Waals surface area (Å²) in [6.45, 7) is 2.05. The maximum atomic E-state index is 12.6. The summed E-state index contributed by atoms with van der Waals surface area (Å²) in [5, 5.41) is 3.43. The van der Waals surface area contributed by atoms with Gasteiger partial charge in [0.15, 0.2) is 9.84 Å². The lowest BCUT2D eigenvalue weighted by molar-refractivity contribution is 0.172. The number of para-hydroxylation sites is 1. The summed E-state index contributed by atoms with van der Waals surface area (Å²) in [4.78, 5) is 16.2. The number of hydrogen-bond acceptors (Lipinski definition) is 5. The topological polar surface area (TPSA) is 79.0 Å². The van der Waals surface area contributed by atoms with Crippen LogP contribution in [0.2, 0.25) is 5.02 Å². The van der Waals surface area contributed by atoms with Gasteiger partial charge in [0.05, 0.1) is 23.1 Å². The molecule has 0 saturated carbocycles. The van der Waals surface area contributed by atoms with Gasteiger partial charge in [-0.1, -0.05) is 23.7 Å². The summed E-state index contributed by atoms with van der Waals surface area (Å²) in [6.07, 6.45) is 1.13. The van der Waals surface area contributed by atoms with Crippen LogP contribution in [0, 0.1) is 0 Å². The molecule has 0 bridgehead atoms. The molecule has 0 aromatic heterocycles. The van der Waals surface area contributed by atoms with Gasteiger partial charge in [-0.2, -0.15) is 0 Å². The Morgan fingerprint density at radius 1 is 1.30 bits per heavy atom. The highest BCUT2D eigenvalue weighted by atomic mass is 35.5. The van der Waals surface area contributed by atoms with Crippen molar-refractivity contribution in [2.24, 2.45) is 0 Å². The average molecular weight is 418 g/mol. The normalized spacial score (nSPS) is 18.4. The van der Waals surface area contributed by atoms with Crippen LogP contribution in [0.25, 0.3) is 0 Å². The molecule has 152 valence electrons. The van der Waals surface area contributed by atoms with Crippen molar-refractivity contribution < 1.29 is 17.9 Å². The molecule has 1 aliphatic rings. The van der Waals surface area contributed by atoms with E-state index in [2.05, 4.69) is 5.32 Å². The number of likely N-dealkylation sites (N-methyl/N-ethyl adjacent to an activating group) is 1. The molecule has 1 atom stereocenters. The zero-order valence-electron chi connectivity index (χ0n) is 15.9. The van der Waals surface area contributed by atoms with Crippen LogP contribution in [0.4, 0.5) is 4.79 Å². The zero-order valence-corrected chi connectivity index (χ0v) is 17.4. The van der Waals surface area contributed by atoms with E-state index in [9.17, 15) is 13.2 Å². The Hall–Kier alpha value is -1.51. The second kappa shape index (κ2) is 10.1. The second-order valence-electron chi connectivity index (χ2n) is 6.92. The number of halogens is 1. The fraction of sp³-hybridized carbons (Fsp3) is 0.611. The summed E-state index contributed by atoms with van der Waals surface area (Å²) >= 11 is 6.03. The maximum Gasteiger partial charge on any atom is 0.317 e. The van der Waals surface area contributed by atoms with Crippen LogP contribution < -0.4 is 10.1 Å². The third-order valence-corrected chi connectivity index (χ3v) is 6.45. The summed E-state index contributed by atoms with van der Waals surface area (Å²) in [7, 11) is 0.804. The minimum atomic E-state index is -3.04. The van der Waals surface area contributed by atoms with E-state index in [1.165, 1.54) is 0 Å². The first-order valence-electron chi connectivity index (χ1n) is 9.05. The highest BCUT2D eigenvalue weighted by Gasteiger charge is 2.34. The van der Waals surface area contributed by atoms with Crippen molar-refractivity contribution >= 4 is 27.5 Å². The van der Waals surface area contributed by atoms with E-state index >= 15 is 0 Å². The molecule has 2 amide bonds. The van der Waals surface area contributed by atoms with Gasteiger partial charge < -0.3 is 19.9 Å². The van der Waals surface area contributed by atoms with Crippen LogP contribution in [-0.4, -0.2) is 82.1 Å². The lowest BCUT2D eigenvalue weighted by Crippen LogP contribution is -2.49. The van der Waals surface area contributed by atoms with E-state index in [-0.39, 0.29) is 23.6 Å². The number of benzene rings is 1. The van der Waals surface area contributed by atoms with Crippen LogP contribution >= 0.6 is 11.6 Å². The minimum Gasteiger partial charge on any atom is -0.492 e. The second-order valence-corrected chi connectivity index (χ2v) is 9.55. The number of amides is 2. The Kier molecular flexibility index (Phi) is 8.19. The maximum absolute atomic E-state index is 12.6. The Bertz CT molecular complexity index is 727. The number of hydrogen-bond donors (Lipinski definition) is 1. The minimum absolute atomic E-state index is 0.0451. The molecule has 1 aliphatic heterocycles. The molecule has 1 unspecified atom stereocenters. The summed E-state index contributed by atoms with van der Waals surface area (Å²) in [6, 6.07) is 6.76. The van der Waals surface area contributed by atoms with Crippen molar-refractivity contribution in [3.05, 3.63) is 29.3 Å². The highest BCUT2D eigenvalue weighted by Crippen LogP contribution is 2.23. The summed E-state index contributed by atoms with van der Waals surface area (Å²) < 4.78 is 29.1. The van der Waals surface area contributed by atoms with Crippen molar-refractivity contribution in [2.75, 3.05) is 51.8 Å². The van der Waals surface area contributed by atoms with E-state index in [1.54, 1.807) is 17.0 Å².